The van der Waals surface area contributed by atoms with Crippen LogP contribution in [0.4, 0.5) is 0 Å². The topological polar surface area (TPSA) is 12.0 Å². The van der Waals surface area contributed by atoms with E-state index in [1.807, 2.05) is 11.3 Å². The van der Waals surface area contributed by atoms with Gasteiger partial charge in [-0.1, -0.05) is 38.1 Å². The van der Waals surface area contributed by atoms with Crippen molar-refractivity contribution in [2.75, 3.05) is 0 Å². The molecule has 0 atom stereocenters. The summed E-state index contributed by atoms with van der Waals surface area (Å²) < 4.78 is 0. The third-order valence-corrected chi connectivity index (χ3v) is 3.87. The average Bonchev–Trinajstić information content (AvgIpc) is 2.73. The summed E-state index contributed by atoms with van der Waals surface area (Å²) in [6, 6.07) is 11.4. The zero-order chi connectivity index (χ0) is 12.3. The number of rotatable bonds is 4. The first-order valence-corrected chi connectivity index (χ1v) is 6.92. The summed E-state index contributed by atoms with van der Waals surface area (Å²) in [5.41, 5.74) is 4.12. The third kappa shape index (κ3) is 2.96. The van der Waals surface area contributed by atoms with Gasteiger partial charge in [0, 0.05) is 17.5 Å². The molecule has 1 heterocycles. The van der Waals surface area contributed by atoms with Gasteiger partial charge in [-0.25, -0.2) is 0 Å². The van der Waals surface area contributed by atoms with Crippen molar-refractivity contribution < 1.29 is 0 Å². The van der Waals surface area contributed by atoms with E-state index < -0.39 is 0 Å². The molecule has 2 heteroatoms. The highest BCUT2D eigenvalue weighted by Crippen LogP contribution is 2.31. The van der Waals surface area contributed by atoms with E-state index in [4.69, 9.17) is 0 Å². The Bertz CT molecular complexity index is 485. The standard InChI is InChI=1S/C15H19NS/c1-11(2)16-10-13-6-4-5-7-14(13)15-12(3)8-9-17-15/h4-9,11,16H,10H2,1-3H3. The first-order valence-electron chi connectivity index (χ1n) is 6.04. The number of hydrogen-bond donors (Lipinski definition) is 1. The van der Waals surface area contributed by atoms with Crippen LogP contribution >= 0.6 is 11.3 Å². The zero-order valence-corrected chi connectivity index (χ0v) is 11.5. The second-order valence-electron chi connectivity index (χ2n) is 4.63. The normalized spacial score (nSPS) is 11.1. The molecule has 0 aliphatic heterocycles. The molecule has 1 N–H and O–H groups in total. The third-order valence-electron chi connectivity index (χ3n) is 2.82. The maximum atomic E-state index is 3.49. The van der Waals surface area contributed by atoms with Gasteiger partial charge in [-0.3, -0.25) is 0 Å². The summed E-state index contributed by atoms with van der Waals surface area (Å²) in [4.78, 5) is 1.39. The van der Waals surface area contributed by atoms with Gasteiger partial charge in [0.05, 0.1) is 0 Å². The number of thiophene rings is 1. The maximum absolute atomic E-state index is 3.49. The summed E-state index contributed by atoms with van der Waals surface area (Å²) >= 11 is 1.82. The van der Waals surface area contributed by atoms with Gasteiger partial charge in [0.1, 0.15) is 0 Å². The first-order chi connectivity index (χ1) is 8.18. The average molecular weight is 245 g/mol. The summed E-state index contributed by atoms with van der Waals surface area (Å²) in [5, 5.41) is 5.65. The highest BCUT2D eigenvalue weighted by Gasteiger charge is 2.08. The van der Waals surface area contributed by atoms with Crippen LogP contribution in [0.25, 0.3) is 10.4 Å². The molecule has 0 saturated carbocycles. The SMILES string of the molecule is Cc1ccsc1-c1ccccc1CNC(C)C. The van der Waals surface area contributed by atoms with Crippen molar-refractivity contribution in [1.82, 2.24) is 5.32 Å². The predicted octanol–water partition coefficient (Wildman–Crippen LogP) is 4.22. The molecule has 0 radical (unpaired) electrons. The van der Waals surface area contributed by atoms with Crippen LogP contribution in [0.15, 0.2) is 35.7 Å². The lowest BCUT2D eigenvalue weighted by atomic mass is 10.0. The summed E-state index contributed by atoms with van der Waals surface area (Å²) in [6.07, 6.45) is 0. The molecule has 0 fully saturated rings. The van der Waals surface area contributed by atoms with Crippen LogP contribution in [-0.4, -0.2) is 6.04 Å². The van der Waals surface area contributed by atoms with Crippen molar-refractivity contribution in [3.8, 4) is 10.4 Å². The molecule has 0 spiro atoms. The second-order valence-corrected chi connectivity index (χ2v) is 5.54. The molecule has 1 aromatic heterocycles. The quantitative estimate of drug-likeness (QED) is 0.850. The van der Waals surface area contributed by atoms with Crippen molar-refractivity contribution >= 4 is 11.3 Å². The van der Waals surface area contributed by atoms with E-state index in [2.05, 4.69) is 61.8 Å². The molecule has 0 aliphatic rings. The molecule has 0 aliphatic carbocycles. The van der Waals surface area contributed by atoms with Gasteiger partial charge >= 0.3 is 0 Å². The maximum Gasteiger partial charge on any atom is 0.0375 e. The molecule has 0 bridgehead atoms. The van der Waals surface area contributed by atoms with Crippen LogP contribution in [0.1, 0.15) is 25.0 Å². The van der Waals surface area contributed by atoms with E-state index in [0.717, 1.165) is 6.54 Å². The van der Waals surface area contributed by atoms with Crippen LogP contribution in [0.2, 0.25) is 0 Å². The fraction of sp³-hybridized carbons (Fsp3) is 0.333. The smallest absolute Gasteiger partial charge is 0.0375 e. The Balaban J connectivity index is 2.31. The Hall–Kier alpha value is -1.12. The molecular weight excluding hydrogens is 226 g/mol. The van der Waals surface area contributed by atoms with E-state index >= 15 is 0 Å². The summed E-state index contributed by atoms with van der Waals surface area (Å²) in [7, 11) is 0. The van der Waals surface area contributed by atoms with Crippen molar-refractivity contribution in [2.45, 2.75) is 33.4 Å². The van der Waals surface area contributed by atoms with E-state index in [-0.39, 0.29) is 0 Å². The van der Waals surface area contributed by atoms with Gasteiger partial charge in [-0.15, -0.1) is 11.3 Å². The molecule has 1 aromatic carbocycles. The minimum Gasteiger partial charge on any atom is -0.310 e. The lowest BCUT2D eigenvalue weighted by Gasteiger charge is -2.12. The molecule has 0 unspecified atom stereocenters. The van der Waals surface area contributed by atoms with E-state index in [0.29, 0.717) is 6.04 Å². The largest absolute Gasteiger partial charge is 0.310 e. The van der Waals surface area contributed by atoms with Gasteiger partial charge < -0.3 is 5.32 Å². The molecule has 90 valence electrons. The molecule has 0 saturated heterocycles. The van der Waals surface area contributed by atoms with Crippen LogP contribution in [0, 0.1) is 6.92 Å². The van der Waals surface area contributed by atoms with Crippen molar-refractivity contribution in [3.63, 3.8) is 0 Å². The van der Waals surface area contributed by atoms with Gasteiger partial charge in [0.2, 0.25) is 0 Å². The van der Waals surface area contributed by atoms with Crippen molar-refractivity contribution in [2.24, 2.45) is 0 Å². The van der Waals surface area contributed by atoms with Gasteiger partial charge in [-0.05, 0) is 35.1 Å². The Kier molecular flexibility index (Phi) is 3.97. The van der Waals surface area contributed by atoms with Crippen LogP contribution in [0.3, 0.4) is 0 Å². The fourth-order valence-corrected chi connectivity index (χ4v) is 2.85. The Labute approximate surface area is 108 Å². The number of hydrogen-bond acceptors (Lipinski definition) is 2. The van der Waals surface area contributed by atoms with Crippen molar-refractivity contribution in [3.05, 3.63) is 46.8 Å². The Morgan fingerprint density at radius 2 is 1.94 bits per heavy atom. The highest BCUT2D eigenvalue weighted by molar-refractivity contribution is 7.13. The zero-order valence-electron chi connectivity index (χ0n) is 10.7. The highest BCUT2D eigenvalue weighted by atomic mass is 32.1. The predicted molar refractivity (Wildman–Crippen MR) is 76.5 cm³/mol. The number of benzene rings is 1. The minimum atomic E-state index is 0.521. The molecule has 2 aromatic rings. The molecule has 2 rings (SSSR count). The minimum absolute atomic E-state index is 0.521. The molecular formula is C15H19NS. The number of aryl methyl sites for hydroxylation is 1. The van der Waals surface area contributed by atoms with Crippen LogP contribution in [0.5, 0.6) is 0 Å². The molecule has 1 nitrogen and oxygen atoms in total. The van der Waals surface area contributed by atoms with E-state index in [1.165, 1.54) is 21.6 Å². The fourth-order valence-electron chi connectivity index (χ4n) is 1.86. The van der Waals surface area contributed by atoms with Gasteiger partial charge in [-0.2, -0.15) is 0 Å². The lowest BCUT2D eigenvalue weighted by Crippen LogP contribution is -2.22. The van der Waals surface area contributed by atoms with Crippen LogP contribution < -0.4 is 5.32 Å². The monoisotopic (exact) mass is 245 g/mol. The van der Waals surface area contributed by atoms with E-state index in [9.17, 15) is 0 Å². The van der Waals surface area contributed by atoms with Gasteiger partial charge in [0.15, 0.2) is 0 Å². The molecule has 17 heavy (non-hydrogen) atoms. The van der Waals surface area contributed by atoms with E-state index in [1.54, 1.807) is 0 Å². The molecule has 0 amide bonds. The summed E-state index contributed by atoms with van der Waals surface area (Å²) in [6.45, 7) is 7.47. The Morgan fingerprint density at radius 3 is 2.59 bits per heavy atom. The lowest BCUT2D eigenvalue weighted by molar-refractivity contribution is 0.589. The summed E-state index contributed by atoms with van der Waals surface area (Å²) in [5.74, 6) is 0. The Morgan fingerprint density at radius 1 is 1.18 bits per heavy atom. The second kappa shape index (κ2) is 5.48. The first kappa shape index (κ1) is 12.3. The van der Waals surface area contributed by atoms with Crippen molar-refractivity contribution in [1.29, 1.82) is 0 Å². The van der Waals surface area contributed by atoms with Crippen LogP contribution in [-0.2, 0) is 6.54 Å². The number of nitrogens with one attached hydrogen (secondary N) is 1. The van der Waals surface area contributed by atoms with Gasteiger partial charge in [0.25, 0.3) is 0 Å².